The summed E-state index contributed by atoms with van der Waals surface area (Å²) in [6, 6.07) is 13.6. The molecular formula is C15H12ClNO. The first-order chi connectivity index (χ1) is 8.75. The Bertz CT molecular complexity index is 582. The molecule has 0 aliphatic heterocycles. The number of rotatable bonds is 3. The molecule has 90 valence electrons. The van der Waals surface area contributed by atoms with Crippen LogP contribution in [0, 0.1) is 5.92 Å². The molecule has 0 saturated heterocycles. The average Bonchev–Trinajstić information content (AvgIpc) is 3.19. The van der Waals surface area contributed by atoms with Gasteiger partial charge in [-0.1, -0.05) is 41.9 Å². The highest BCUT2D eigenvalue weighted by molar-refractivity contribution is 6.29. The molecule has 1 aliphatic rings. The van der Waals surface area contributed by atoms with Gasteiger partial charge in [0.1, 0.15) is 5.15 Å². The van der Waals surface area contributed by atoms with Crippen molar-refractivity contribution < 1.29 is 4.79 Å². The van der Waals surface area contributed by atoms with Crippen LogP contribution in [0.5, 0.6) is 0 Å². The van der Waals surface area contributed by atoms with Gasteiger partial charge in [0.2, 0.25) is 0 Å². The number of ketones is 1. The highest BCUT2D eigenvalue weighted by Crippen LogP contribution is 2.49. The molecule has 2 atom stereocenters. The van der Waals surface area contributed by atoms with Gasteiger partial charge in [0, 0.05) is 17.7 Å². The van der Waals surface area contributed by atoms with Gasteiger partial charge in [-0.25, -0.2) is 4.98 Å². The van der Waals surface area contributed by atoms with E-state index in [0.29, 0.717) is 16.6 Å². The number of halogens is 1. The van der Waals surface area contributed by atoms with Gasteiger partial charge in [-0.2, -0.15) is 0 Å². The van der Waals surface area contributed by atoms with Gasteiger partial charge in [0.05, 0.1) is 0 Å². The van der Waals surface area contributed by atoms with Crippen LogP contribution in [0.15, 0.2) is 48.7 Å². The Kier molecular flexibility index (Phi) is 2.88. The summed E-state index contributed by atoms with van der Waals surface area (Å²) in [6.07, 6.45) is 2.51. The second kappa shape index (κ2) is 4.54. The molecule has 0 bridgehead atoms. The summed E-state index contributed by atoms with van der Waals surface area (Å²) in [4.78, 5) is 16.1. The van der Waals surface area contributed by atoms with Gasteiger partial charge in [-0.05, 0) is 30.0 Å². The van der Waals surface area contributed by atoms with Crippen LogP contribution >= 0.6 is 11.6 Å². The molecule has 1 fully saturated rings. The zero-order chi connectivity index (χ0) is 12.5. The summed E-state index contributed by atoms with van der Waals surface area (Å²) < 4.78 is 0. The molecule has 1 saturated carbocycles. The second-order valence-corrected chi connectivity index (χ2v) is 4.98. The normalized spacial score (nSPS) is 21.6. The standard InChI is InChI=1S/C15H12ClNO/c16-14-8-11(6-7-17-14)15(18)13-9-12(13)10-4-2-1-3-5-10/h1-8,12-13H,9H2. The molecular weight excluding hydrogens is 246 g/mol. The third-order valence-corrected chi connectivity index (χ3v) is 3.57. The molecule has 0 amide bonds. The van der Waals surface area contributed by atoms with E-state index in [2.05, 4.69) is 17.1 Å². The highest BCUT2D eigenvalue weighted by Gasteiger charge is 2.43. The lowest BCUT2D eigenvalue weighted by Crippen LogP contribution is -2.03. The Hall–Kier alpha value is -1.67. The van der Waals surface area contributed by atoms with E-state index in [-0.39, 0.29) is 11.7 Å². The number of hydrogen-bond donors (Lipinski definition) is 0. The molecule has 18 heavy (non-hydrogen) atoms. The van der Waals surface area contributed by atoms with Crippen LogP contribution in [0.4, 0.5) is 0 Å². The monoisotopic (exact) mass is 257 g/mol. The van der Waals surface area contributed by atoms with Crippen molar-refractivity contribution in [1.82, 2.24) is 4.98 Å². The summed E-state index contributed by atoms with van der Waals surface area (Å²) in [6.45, 7) is 0. The SMILES string of the molecule is O=C(c1ccnc(Cl)c1)C1CC1c1ccccc1. The van der Waals surface area contributed by atoms with Gasteiger partial charge < -0.3 is 0 Å². The molecule has 2 nitrogen and oxygen atoms in total. The molecule has 2 unspecified atom stereocenters. The number of carbonyl (C=O) groups is 1. The second-order valence-electron chi connectivity index (χ2n) is 4.59. The lowest BCUT2D eigenvalue weighted by molar-refractivity contribution is 0.0965. The van der Waals surface area contributed by atoms with Gasteiger partial charge in [-0.15, -0.1) is 0 Å². The van der Waals surface area contributed by atoms with Crippen LogP contribution in [0.1, 0.15) is 28.3 Å². The maximum Gasteiger partial charge on any atom is 0.166 e. The molecule has 3 heteroatoms. The summed E-state index contributed by atoms with van der Waals surface area (Å²) in [5.41, 5.74) is 1.91. The third kappa shape index (κ3) is 2.16. The van der Waals surface area contributed by atoms with Crippen molar-refractivity contribution in [3.05, 3.63) is 64.9 Å². The third-order valence-electron chi connectivity index (χ3n) is 3.37. The number of aromatic nitrogens is 1. The summed E-state index contributed by atoms with van der Waals surface area (Å²) >= 11 is 5.80. The summed E-state index contributed by atoms with van der Waals surface area (Å²) in [7, 11) is 0. The zero-order valence-electron chi connectivity index (χ0n) is 9.71. The van der Waals surface area contributed by atoms with Crippen molar-refractivity contribution in [2.24, 2.45) is 5.92 Å². The number of benzene rings is 1. The van der Waals surface area contributed by atoms with E-state index in [1.54, 1.807) is 18.3 Å². The Morgan fingerprint density at radius 1 is 1.22 bits per heavy atom. The van der Waals surface area contributed by atoms with Crippen LogP contribution in [0.2, 0.25) is 5.15 Å². The van der Waals surface area contributed by atoms with E-state index in [9.17, 15) is 4.79 Å². The van der Waals surface area contributed by atoms with E-state index >= 15 is 0 Å². The molecule has 3 rings (SSSR count). The minimum absolute atomic E-state index is 0.103. The fourth-order valence-corrected chi connectivity index (χ4v) is 2.50. The van der Waals surface area contributed by atoms with Gasteiger partial charge in [0.25, 0.3) is 0 Å². The summed E-state index contributed by atoms with van der Waals surface area (Å²) in [5.74, 6) is 0.643. The predicted octanol–water partition coefficient (Wildman–Crippen LogP) is 3.72. The van der Waals surface area contributed by atoms with Crippen LogP contribution in [-0.4, -0.2) is 10.8 Å². The first-order valence-electron chi connectivity index (χ1n) is 5.96. The number of pyridine rings is 1. The fourth-order valence-electron chi connectivity index (χ4n) is 2.32. The maximum absolute atomic E-state index is 12.3. The van der Waals surface area contributed by atoms with Crippen molar-refractivity contribution in [3.63, 3.8) is 0 Å². The van der Waals surface area contributed by atoms with Crippen molar-refractivity contribution in [2.75, 3.05) is 0 Å². The van der Waals surface area contributed by atoms with Crippen LogP contribution in [0.3, 0.4) is 0 Å². The minimum Gasteiger partial charge on any atom is -0.294 e. The quantitative estimate of drug-likeness (QED) is 0.620. The minimum atomic E-state index is 0.103. The van der Waals surface area contributed by atoms with Crippen LogP contribution < -0.4 is 0 Å². The van der Waals surface area contributed by atoms with Gasteiger partial charge >= 0.3 is 0 Å². The molecule has 1 aromatic heterocycles. The van der Waals surface area contributed by atoms with Crippen LogP contribution in [0.25, 0.3) is 0 Å². The topological polar surface area (TPSA) is 30.0 Å². The Labute approximate surface area is 111 Å². The Balaban J connectivity index is 1.77. The van der Waals surface area contributed by atoms with Gasteiger partial charge in [0.15, 0.2) is 5.78 Å². The number of Topliss-reactive ketones (excluding diaryl/α,β-unsaturated/α-hetero) is 1. The number of hydrogen-bond acceptors (Lipinski definition) is 2. The predicted molar refractivity (Wildman–Crippen MR) is 70.9 cm³/mol. The first kappa shape index (κ1) is 11.4. The van der Waals surface area contributed by atoms with E-state index in [1.807, 2.05) is 18.2 Å². The lowest BCUT2D eigenvalue weighted by Gasteiger charge is -2.01. The molecule has 0 radical (unpaired) electrons. The van der Waals surface area contributed by atoms with Crippen molar-refractivity contribution in [1.29, 1.82) is 0 Å². The Morgan fingerprint density at radius 2 is 2.00 bits per heavy atom. The zero-order valence-corrected chi connectivity index (χ0v) is 10.5. The van der Waals surface area contributed by atoms with Crippen molar-refractivity contribution in [2.45, 2.75) is 12.3 Å². The fraction of sp³-hybridized carbons (Fsp3) is 0.200. The van der Waals surface area contributed by atoms with Crippen molar-refractivity contribution in [3.8, 4) is 0 Å². The molecule has 1 aromatic carbocycles. The number of nitrogens with zero attached hydrogens (tertiary/aromatic N) is 1. The summed E-state index contributed by atoms with van der Waals surface area (Å²) in [5, 5.41) is 0.373. The molecule has 2 aromatic rings. The largest absolute Gasteiger partial charge is 0.294 e. The van der Waals surface area contributed by atoms with Crippen LogP contribution in [-0.2, 0) is 0 Å². The van der Waals surface area contributed by atoms with E-state index in [4.69, 9.17) is 11.6 Å². The molecule has 1 aliphatic carbocycles. The first-order valence-corrected chi connectivity index (χ1v) is 6.34. The smallest absolute Gasteiger partial charge is 0.166 e. The molecule has 0 N–H and O–H groups in total. The average molecular weight is 258 g/mol. The molecule has 1 heterocycles. The highest BCUT2D eigenvalue weighted by atomic mass is 35.5. The molecule has 0 spiro atoms. The van der Waals surface area contributed by atoms with E-state index < -0.39 is 0 Å². The lowest BCUT2D eigenvalue weighted by atomic mass is 10.0. The van der Waals surface area contributed by atoms with E-state index in [1.165, 1.54) is 5.56 Å². The van der Waals surface area contributed by atoms with Crippen molar-refractivity contribution >= 4 is 17.4 Å². The maximum atomic E-state index is 12.3. The Morgan fingerprint density at radius 3 is 2.72 bits per heavy atom. The van der Waals surface area contributed by atoms with E-state index in [0.717, 1.165) is 6.42 Å². The van der Waals surface area contributed by atoms with Gasteiger partial charge in [-0.3, -0.25) is 4.79 Å². The number of carbonyl (C=O) groups excluding carboxylic acids is 1.